The molecule has 0 radical (unpaired) electrons. The number of hydrogen-bond donors (Lipinski definition) is 2. The zero-order chi connectivity index (χ0) is 14.7. The number of anilines is 3. The van der Waals surface area contributed by atoms with Crippen LogP contribution in [0.25, 0.3) is 0 Å². The first-order chi connectivity index (χ1) is 9.51. The minimum Gasteiger partial charge on any atom is -0.465 e. The molecule has 0 fully saturated rings. The van der Waals surface area contributed by atoms with Crippen molar-refractivity contribution in [1.82, 2.24) is 0 Å². The van der Waals surface area contributed by atoms with E-state index >= 15 is 0 Å². The Labute approximate surface area is 126 Å². The van der Waals surface area contributed by atoms with Gasteiger partial charge in [-0.1, -0.05) is 23.2 Å². The molecule has 0 saturated carbocycles. The van der Waals surface area contributed by atoms with Crippen molar-refractivity contribution in [3.63, 3.8) is 0 Å². The van der Waals surface area contributed by atoms with Crippen LogP contribution in [0, 0.1) is 0 Å². The molecule has 0 aromatic heterocycles. The minimum absolute atomic E-state index is 0.303. The first-order valence-corrected chi connectivity index (χ1v) is 6.47. The van der Waals surface area contributed by atoms with Gasteiger partial charge in [-0.05, 0) is 36.4 Å². The Kier molecular flexibility index (Phi) is 4.37. The van der Waals surface area contributed by atoms with Crippen molar-refractivity contribution < 1.29 is 9.53 Å². The summed E-state index contributed by atoms with van der Waals surface area (Å²) in [5, 5.41) is 4.03. The third-order valence-corrected chi connectivity index (χ3v) is 3.41. The van der Waals surface area contributed by atoms with Crippen LogP contribution in [0.3, 0.4) is 0 Å². The van der Waals surface area contributed by atoms with Gasteiger partial charge in [-0.25, -0.2) is 4.79 Å². The average molecular weight is 311 g/mol. The molecule has 0 unspecified atom stereocenters. The van der Waals surface area contributed by atoms with Crippen LogP contribution in [-0.2, 0) is 4.74 Å². The smallest absolute Gasteiger partial charge is 0.340 e. The highest BCUT2D eigenvalue weighted by molar-refractivity contribution is 6.42. The highest BCUT2D eigenvalue weighted by atomic mass is 35.5. The fourth-order valence-electron chi connectivity index (χ4n) is 1.66. The minimum atomic E-state index is -0.486. The number of ether oxygens (including phenoxy) is 1. The molecule has 0 spiro atoms. The number of nitrogens with two attached hydrogens (primary N) is 1. The van der Waals surface area contributed by atoms with Crippen LogP contribution in [0.15, 0.2) is 36.4 Å². The van der Waals surface area contributed by atoms with Crippen LogP contribution in [0.1, 0.15) is 10.4 Å². The van der Waals surface area contributed by atoms with Gasteiger partial charge in [0.1, 0.15) is 0 Å². The predicted molar refractivity (Wildman–Crippen MR) is 81.9 cm³/mol. The fourth-order valence-corrected chi connectivity index (χ4v) is 1.96. The molecule has 3 N–H and O–H groups in total. The zero-order valence-electron chi connectivity index (χ0n) is 10.6. The fraction of sp³-hybridized carbons (Fsp3) is 0.0714. The van der Waals surface area contributed by atoms with Crippen molar-refractivity contribution in [2.45, 2.75) is 0 Å². The van der Waals surface area contributed by atoms with E-state index in [4.69, 9.17) is 28.9 Å². The maximum absolute atomic E-state index is 11.6. The van der Waals surface area contributed by atoms with Gasteiger partial charge >= 0.3 is 5.97 Å². The van der Waals surface area contributed by atoms with Crippen molar-refractivity contribution >= 4 is 46.2 Å². The van der Waals surface area contributed by atoms with E-state index in [0.29, 0.717) is 27.0 Å². The van der Waals surface area contributed by atoms with Gasteiger partial charge in [0.15, 0.2) is 0 Å². The van der Waals surface area contributed by atoms with Crippen molar-refractivity contribution in [3.05, 3.63) is 52.0 Å². The normalized spacial score (nSPS) is 10.2. The third-order valence-electron chi connectivity index (χ3n) is 2.67. The molecule has 6 heteroatoms. The number of nitrogens with one attached hydrogen (secondary N) is 1. The van der Waals surface area contributed by atoms with Crippen molar-refractivity contribution in [3.8, 4) is 0 Å². The quantitative estimate of drug-likeness (QED) is 0.661. The Morgan fingerprint density at radius 2 is 1.75 bits per heavy atom. The summed E-state index contributed by atoms with van der Waals surface area (Å²) in [6.45, 7) is 0. The number of carbonyl (C=O) groups excluding carboxylic acids is 1. The van der Waals surface area contributed by atoms with Gasteiger partial charge in [-0.2, -0.15) is 0 Å². The summed E-state index contributed by atoms with van der Waals surface area (Å²) in [6.07, 6.45) is 0. The highest BCUT2D eigenvalue weighted by Gasteiger charge is 2.11. The molecular weight excluding hydrogens is 299 g/mol. The van der Waals surface area contributed by atoms with Gasteiger partial charge in [0, 0.05) is 17.1 Å². The Morgan fingerprint density at radius 3 is 2.40 bits per heavy atom. The van der Waals surface area contributed by atoms with Crippen LogP contribution < -0.4 is 11.1 Å². The second-order valence-electron chi connectivity index (χ2n) is 4.05. The zero-order valence-corrected chi connectivity index (χ0v) is 12.1. The summed E-state index contributed by atoms with van der Waals surface area (Å²) >= 11 is 11.8. The van der Waals surface area contributed by atoms with E-state index in [1.54, 1.807) is 36.4 Å². The molecule has 2 rings (SSSR count). The van der Waals surface area contributed by atoms with E-state index in [9.17, 15) is 4.79 Å². The van der Waals surface area contributed by atoms with Crippen molar-refractivity contribution in [2.75, 3.05) is 18.2 Å². The van der Waals surface area contributed by atoms with E-state index in [1.807, 2.05) is 0 Å². The molecule has 2 aromatic rings. The molecule has 0 saturated heterocycles. The Balaban J connectivity index is 2.29. The molecule has 0 aliphatic carbocycles. The summed E-state index contributed by atoms with van der Waals surface area (Å²) in [4.78, 5) is 11.6. The Hall–Kier alpha value is -1.91. The van der Waals surface area contributed by atoms with E-state index in [0.717, 1.165) is 5.69 Å². The maximum Gasteiger partial charge on any atom is 0.340 e. The van der Waals surface area contributed by atoms with Gasteiger partial charge in [0.2, 0.25) is 0 Å². The second kappa shape index (κ2) is 6.03. The lowest BCUT2D eigenvalue weighted by atomic mass is 10.1. The maximum atomic E-state index is 11.6. The highest BCUT2D eigenvalue weighted by Crippen LogP contribution is 2.28. The predicted octanol–water partition coefficient (Wildman–Crippen LogP) is 4.11. The van der Waals surface area contributed by atoms with Crippen LogP contribution in [0.2, 0.25) is 10.0 Å². The lowest BCUT2D eigenvalue weighted by molar-refractivity contribution is 0.0602. The lowest BCUT2D eigenvalue weighted by Crippen LogP contribution is -2.06. The van der Waals surface area contributed by atoms with E-state index in [-0.39, 0.29) is 0 Å². The molecule has 20 heavy (non-hydrogen) atoms. The van der Waals surface area contributed by atoms with Crippen LogP contribution in [0.4, 0.5) is 17.1 Å². The Bertz CT molecular complexity index is 660. The average Bonchev–Trinajstić information content (AvgIpc) is 2.44. The number of carbonyl (C=O) groups is 1. The van der Waals surface area contributed by atoms with E-state index in [1.165, 1.54) is 7.11 Å². The van der Waals surface area contributed by atoms with E-state index < -0.39 is 5.97 Å². The number of halogens is 2. The van der Waals surface area contributed by atoms with E-state index in [2.05, 4.69) is 10.1 Å². The summed E-state index contributed by atoms with van der Waals surface area (Å²) < 4.78 is 4.67. The number of esters is 1. The van der Waals surface area contributed by atoms with Crippen LogP contribution in [0.5, 0.6) is 0 Å². The molecule has 0 amide bonds. The Morgan fingerprint density at radius 1 is 1.10 bits per heavy atom. The summed E-state index contributed by atoms with van der Waals surface area (Å²) in [5.41, 5.74) is 7.84. The van der Waals surface area contributed by atoms with Crippen molar-refractivity contribution in [1.29, 1.82) is 0 Å². The summed E-state index contributed by atoms with van der Waals surface area (Å²) in [5.74, 6) is -0.486. The number of methoxy groups -OCH3 is 1. The summed E-state index contributed by atoms with van der Waals surface area (Å²) in [6, 6.07) is 10.2. The van der Waals surface area contributed by atoms with Gasteiger partial charge in [0.05, 0.1) is 22.7 Å². The third kappa shape index (κ3) is 3.15. The molecule has 0 bridgehead atoms. The number of nitrogen functional groups attached to an aromatic ring is 1. The number of benzene rings is 2. The molecule has 0 aliphatic heterocycles. The first-order valence-electron chi connectivity index (χ1n) is 5.71. The molecule has 2 aromatic carbocycles. The van der Waals surface area contributed by atoms with Gasteiger partial charge in [-0.15, -0.1) is 0 Å². The van der Waals surface area contributed by atoms with Crippen LogP contribution in [-0.4, -0.2) is 13.1 Å². The topological polar surface area (TPSA) is 64.3 Å². The second-order valence-corrected chi connectivity index (χ2v) is 4.86. The van der Waals surface area contributed by atoms with Gasteiger partial charge in [0.25, 0.3) is 0 Å². The first kappa shape index (κ1) is 14.5. The molecule has 104 valence electrons. The number of rotatable bonds is 3. The molecule has 4 nitrogen and oxygen atoms in total. The number of hydrogen-bond acceptors (Lipinski definition) is 4. The standard InChI is InChI=1S/C14H12Cl2N2O2/c1-20-14(19)10-6-8(3-5-13(10)17)18-9-2-4-11(15)12(16)7-9/h2-7,18H,17H2,1H3. The molecule has 0 heterocycles. The van der Waals surface area contributed by atoms with Gasteiger partial charge < -0.3 is 15.8 Å². The largest absolute Gasteiger partial charge is 0.465 e. The SMILES string of the molecule is COC(=O)c1cc(Nc2ccc(Cl)c(Cl)c2)ccc1N. The van der Waals surface area contributed by atoms with Crippen LogP contribution >= 0.6 is 23.2 Å². The monoisotopic (exact) mass is 310 g/mol. The summed E-state index contributed by atoms with van der Waals surface area (Å²) in [7, 11) is 1.31. The molecule has 0 atom stereocenters. The van der Waals surface area contributed by atoms with Gasteiger partial charge in [-0.3, -0.25) is 0 Å². The molecular formula is C14H12Cl2N2O2. The van der Waals surface area contributed by atoms with Crippen molar-refractivity contribution in [2.24, 2.45) is 0 Å². The lowest BCUT2D eigenvalue weighted by Gasteiger charge is -2.10. The molecule has 0 aliphatic rings.